The second-order valence-corrected chi connectivity index (χ2v) is 3.81. The molecule has 0 spiro atoms. The number of hydrogen-bond donors (Lipinski definition) is 0. The summed E-state index contributed by atoms with van der Waals surface area (Å²) in [5, 5.41) is 11.8. The standard InChI is InChI=1S/C14H10N2O/c17-16-10-13(11-6-2-1-3-7-11)15-12-8-4-5-9-14(12)16/h1-10H. The largest absolute Gasteiger partial charge is 0.618 e. The first kappa shape index (κ1) is 9.78. The lowest BCUT2D eigenvalue weighted by molar-refractivity contribution is -0.576. The third-order valence-electron chi connectivity index (χ3n) is 2.67. The fourth-order valence-corrected chi connectivity index (χ4v) is 1.83. The summed E-state index contributed by atoms with van der Waals surface area (Å²) in [5.41, 5.74) is 2.94. The smallest absolute Gasteiger partial charge is 0.242 e. The molecule has 0 atom stereocenters. The van der Waals surface area contributed by atoms with Crippen LogP contribution in [0.4, 0.5) is 0 Å². The number of nitrogens with zero attached hydrogens (tertiary/aromatic N) is 2. The highest BCUT2D eigenvalue weighted by molar-refractivity contribution is 5.73. The van der Waals surface area contributed by atoms with Gasteiger partial charge in [0, 0.05) is 11.6 Å². The fourth-order valence-electron chi connectivity index (χ4n) is 1.83. The van der Waals surface area contributed by atoms with E-state index in [4.69, 9.17) is 0 Å². The SMILES string of the molecule is [O-][n+]1cc(-c2ccccc2)nc2ccccc21. The topological polar surface area (TPSA) is 39.8 Å². The van der Waals surface area contributed by atoms with E-state index in [-0.39, 0.29) is 0 Å². The zero-order chi connectivity index (χ0) is 11.7. The molecule has 0 bridgehead atoms. The van der Waals surface area contributed by atoms with Gasteiger partial charge in [0.15, 0.2) is 0 Å². The molecule has 0 radical (unpaired) electrons. The van der Waals surface area contributed by atoms with Crippen LogP contribution in [-0.2, 0) is 0 Å². The van der Waals surface area contributed by atoms with E-state index in [1.54, 1.807) is 6.07 Å². The predicted molar refractivity (Wildman–Crippen MR) is 66.1 cm³/mol. The molecule has 0 aliphatic carbocycles. The van der Waals surface area contributed by atoms with Gasteiger partial charge in [-0.25, -0.2) is 4.98 Å². The summed E-state index contributed by atoms with van der Waals surface area (Å²) in [6.07, 6.45) is 1.51. The third kappa shape index (κ3) is 1.72. The van der Waals surface area contributed by atoms with Crippen molar-refractivity contribution in [3.63, 3.8) is 0 Å². The molecule has 3 rings (SSSR count). The Hall–Kier alpha value is -2.42. The van der Waals surface area contributed by atoms with Crippen molar-refractivity contribution in [2.24, 2.45) is 0 Å². The van der Waals surface area contributed by atoms with E-state index in [1.165, 1.54) is 6.20 Å². The lowest BCUT2D eigenvalue weighted by atomic mass is 10.1. The van der Waals surface area contributed by atoms with E-state index < -0.39 is 0 Å². The van der Waals surface area contributed by atoms with Crippen LogP contribution in [0.25, 0.3) is 22.3 Å². The molecule has 0 amide bonds. The number of fused-ring (bicyclic) bond motifs is 1. The van der Waals surface area contributed by atoms with Gasteiger partial charge in [-0.1, -0.05) is 42.5 Å². The van der Waals surface area contributed by atoms with Gasteiger partial charge in [0.25, 0.3) is 0 Å². The summed E-state index contributed by atoms with van der Waals surface area (Å²) in [6.45, 7) is 0. The third-order valence-corrected chi connectivity index (χ3v) is 2.67. The Kier molecular flexibility index (Phi) is 2.22. The molecule has 82 valence electrons. The lowest BCUT2D eigenvalue weighted by Gasteiger charge is -2.04. The van der Waals surface area contributed by atoms with E-state index in [1.807, 2.05) is 48.5 Å². The first-order valence-electron chi connectivity index (χ1n) is 5.39. The Bertz CT molecular complexity index is 665. The monoisotopic (exact) mass is 222 g/mol. The van der Waals surface area contributed by atoms with E-state index in [0.717, 1.165) is 10.3 Å². The Labute approximate surface area is 98.6 Å². The zero-order valence-corrected chi connectivity index (χ0v) is 9.08. The summed E-state index contributed by atoms with van der Waals surface area (Å²) >= 11 is 0. The number of aromatic nitrogens is 2. The maximum atomic E-state index is 11.8. The molecule has 0 N–H and O–H groups in total. The van der Waals surface area contributed by atoms with Gasteiger partial charge in [-0.15, -0.1) is 0 Å². The highest BCUT2D eigenvalue weighted by Gasteiger charge is 2.08. The van der Waals surface area contributed by atoms with E-state index in [2.05, 4.69) is 4.98 Å². The second-order valence-electron chi connectivity index (χ2n) is 3.81. The van der Waals surface area contributed by atoms with Crippen molar-refractivity contribution in [3.8, 4) is 11.3 Å². The van der Waals surface area contributed by atoms with Crippen LogP contribution < -0.4 is 4.73 Å². The highest BCUT2D eigenvalue weighted by Crippen LogP contribution is 2.17. The van der Waals surface area contributed by atoms with Gasteiger partial charge >= 0.3 is 0 Å². The number of rotatable bonds is 1. The average Bonchev–Trinajstić information content (AvgIpc) is 2.40. The molecule has 0 fully saturated rings. The Morgan fingerprint density at radius 2 is 1.59 bits per heavy atom. The number of hydrogen-bond acceptors (Lipinski definition) is 2. The molecule has 17 heavy (non-hydrogen) atoms. The molecule has 3 aromatic rings. The van der Waals surface area contributed by atoms with Gasteiger partial charge in [0.05, 0.1) is 0 Å². The normalized spacial score (nSPS) is 10.6. The lowest BCUT2D eigenvalue weighted by Crippen LogP contribution is -2.27. The summed E-state index contributed by atoms with van der Waals surface area (Å²) in [5.74, 6) is 0. The molecule has 2 aromatic carbocycles. The Morgan fingerprint density at radius 1 is 0.882 bits per heavy atom. The van der Waals surface area contributed by atoms with Crippen LogP contribution in [0.2, 0.25) is 0 Å². The van der Waals surface area contributed by atoms with Crippen LogP contribution in [0.15, 0.2) is 60.8 Å². The molecule has 0 aliphatic rings. The summed E-state index contributed by atoms with van der Waals surface area (Å²) in [4.78, 5) is 4.49. The van der Waals surface area contributed by atoms with Crippen molar-refractivity contribution in [1.82, 2.24) is 4.98 Å². The minimum atomic E-state index is 0.590. The molecule has 3 nitrogen and oxygen atoms in total. The van der Waals surface area contributed by atoms with Gasteiger partial charge in [0.1, 0.15) is 11.2 Å². The Morgan fingerprint density at radius 3 is 2.41 bits per heavy atom. The molecule has 3 heteroatoms. The van der Waals surface area contributed by atoms with E-state index >= 15 is 0 Å². The van der Waals surface area contributed by atoms with E-state index in [0.29, 0.717) is 16.7 Å². The van der Waals surface area contributed by atoms with Crippen molar-refractivity contribution in [2.45, 2.75) is 0 Å². The quantitative estimate of drug-likeness (QED) is 0.469. The van der Waals surface area contributed by atoms with E-state index in [9.17, 15) is 5.21 Å². The Balaban J connectivity index is 2.26. The molecule has 0 saturated carbocycles. The predicted octanol–water partition coefficient (Wildman–Crippen LogP) is 2.54. The van der Waals surface area contributed by atoms with Gasteiger partial charge < -0.3 is 5.21 Å². The van der Waals surface area contributed by atoms with Crippen LogP contribution in [0.1, 0.15) is 0 Å². The van der Waals surface area contributed by atoms with Crippen molar-refractivity contribution < 1.29 is 4.73 Å². The number of benzene rings is 2. The van der Waals surface area contributed by atoms with Crippen LogP contribution in [0.5, 0.6) is 0 Å². The summed E-state index contributed by atoms with van der Waals surface area (Å²) in [7, 11) is 0. The maximum absolute atomic E-state index is 11.8. The summed E-state index contributed by atoms with van der Waals surface area (Å²) in [6, 6.07) is 17.0. The van der Waals surface area contributed by atoms with Gasteiger partial charge in [-0.3, -0.25) is 0 Å². The van der Waals surface area contributed by atoms with Crippen molar-refractivity contribution in [3.05, 3.63) is 66.0 Å². The second kappa shape index (κ2) is 3.87. The molecule has 0 unspecified atom stereocenters. The molecule has 1 heterocycles. The van der Waals surface area contributed by atoms with Crippen LogP contribution >= 0.6 is 0 Å². The average molecular weight is 222 g/mol. The van der Waals surface area contributed by atoms with Crippen LogP contribution in [-0.4, -0.2) is 4.98 Å². The molecule has 1 aromatic heterocycles. The van der Waals surface area contributed by atoms with Gasteiger partial charge in [0.2, 0.25) is 11.7 Å². The molecular formula is C14H10N2O. The number of para-hydroxylation sites is 2. The summed E-state index contributed by atoms with van der Waals surface area (Å²) < 4.78 is 0.866. The first-order chi connectivity index (χ1) is 8.34. The van der Waals surface area contributed by atoms with Gasteiger partial charge in [-0.05, 0) is 6.07 Å². The van der Waals surface area contributed by atoms with Crippen molar-refractivity contribution in [2.75, 3.05) is 0 Å². The molecule has 0 saturated heterocycles. The molecule has 0 aliphatic heterocycles. The van der Waals surface area contributed by atoms with Gasteiger partial charge in [-0.2, -0.15) is 4.73 Å². The zero-order valence-electron chi connectivity index (χ0n) is 9.08. The minimum Gasteiger partial charge on any atom is -0.618 e. The van der Waals surface area contributed by atoms with Crippen molar-refractivity contribution in [1.29, 1.82) is 0 Å². The molecular weight excluding hydrogens is 212 g/mol. The fraction of sp³-hybridized carbons (Fsp3) is 0. The first-order valence-corrected chi connectivity index (χ1v) is 5.39. The maximum Gasteiger partial charge on any atom is 0.242 e. The van der Waals surface area contributed by atoms with Crippen LogP contribution in [0.3, 0.4) is 0 Å². The van der Waals surface area contributed by atoms with Crippen LogP contribution in [0, 0.1) is 5.21 Å². The van der Waals surface area contributed by atoms with Crippen molar-refractivity contribution >= 4 is 11.0 Å². The highest BCUT2D eigenvalue weighted by atomic mass is 16.5. The minimum absolute atomic E-state index is 0.590.